The molecule has 0 saturated carbocycles. The number of benzene rings is 2. The number of aromatic nitrogens is 1. The van der Waals surface area contributed by atoms with Crippen LogP contribution in [-0.2, 0) is 5.92 Å². The van der Waals surface area contributed by atoms with Gasteiger partial charge in [-0.1, -0.05) is 61.8 Å². The molecule has 0 aliphatic heterocycles. The number of rotatable bonds is 3. The Bertz CT molecular complexity index is 885. The van der Waals surface area contributed by atoms with E-state index < -0.39 is 5.92 Å². The lowest BCUT2D eigenvalue weighted by Crippen LogP contribution is -2.13. The second-order valence-electron chi connectivity index (χ2n) is 5.32. The van der Waals surface area contributed by atoms with Crippen LogP contribution in [-0.4, -0.2) is 10.9 Å². The first-order chi connectivity index (χ1) is 12.8. The summed E-state index contributed by atoms with van der Waals surface area (Å²) in [5.74, 6) is -3.30. The number of carbonyl (C=O) groups is 1. The van der Waals surface area contributed by atoms with Crippen molar-refractivity contribution < 1.29 is 13.6 Å². The summed E-state index contributed by atoms with van der Waals surface area (Å²) in [5.41, 5.74) is 1.47. The highest BCUT2D eigenvalue weighted by Crippen LogP contribution is 2.29. The second-order valence-corrected chi connectivity index (χ2v) is 6.23. The minimum atomic E-state index is -2.95. The van der Waals surface area contributed by atoms with Crippen LogP contribution in [0.4, 0.5) is 14.5 Å². The third kappa shape index (κ3) is 5.89. The largest absolute Gasteiger partial charge is 0.360 e. The van der Waals surface area contributed by atoms with Crippen molar-refractivity contribution in [2.75, 3.05) is 5.32 Å². The van der Waals surface area contributed by atoms with E-state index in [0.29, 0.717) is 11.3 Å². The van der Waals surface area contributed by atoms with Crippen LogP contribution in [0.2, 0.25) is 0 Å². The molecular weight excluding hydrogens is 414 g/mol. The van der Waals surface area contributed by atoms with E-state index in [1.165, 1.54) is 18.2 Å². The Balaban J connectivity index is 0.000000855. The van der Waals surface area contributed by atoms with Crippen molar-refractivity contribution in [1.29, 1.82) is 0 Å². The number of halogens is 3. The Morgan fingerprint density at radius 1 is 1.07 bits per heavy atom. The number of H-pyrrole nitrogens is 1. The Labute approximate surface area is 167 Å². The quantitative estimate of drug-likeness (QED) is 0.440. The first-order valence-electron chi connectivity index (χ1n) is 8.91. The molecule has 0 saturated heterocycles. The zero-order chi connectivity index (χ0) is 20.6. The fourth-order valence-electron chi connectivity index (χ4n) is 2.35. The summed E-state index contributed by atoms with van der Waals surface area (Å²) in [7, 11) is 0. The lowest BCUT2D eigenvalue weighted by Gasteiger charge is -2.12. The Hall–Kier alpha value is -2.21. The highest BCUT2D eigenvalue weighted by atomic mass is 79.9. The molecule has 3 nitrogen and oxygen atoms in total. The normalized spacial score (nSPS) is 10.4. The molecule has 6 heteroatoms. The van der Waals surface area contributed by atoms with Gasteiger partial charge in [0.15, 0.2) is 0 Å². The minimum absolute atomic E-state index is 0.141. The van der Waals surface area contributed by atoms with E-state index in [4.69, 9.17) is 0 Å². The molecule has 0 fully saturated rings. The van der Waals surface area contributed by atoms with Gasteiger partial charge in [-0.3, -0.25) is 4.79 Å². The highest BCUT2D eigenvalue weighted by Gasteiger charge is 2.24. The predicted octanol–water partition coefficient (Wildman–Crippen LogP) is 7.35. The number of carbonyl (C=O) groups excluding carboxylic acids is 1. The van der Waals surface area contributed by atoms with Crippen molar-refractivity contribution in [3.8, 4) is 0 Å². The van der Waals surface area contributed by atoms with Crippen LogP contribution in [0, 0.1) is 0 Å². The maximum Gasteiger partial charge on any atom is 0.270 e. The minimum Gasteiger partial charge on any atom is -0.360 e. The summed E-state index contributed by atoms with van der Waals surface area (Å²) in [5, 5.41) is 3.43. The number of aromatic amines is 1. The van der Waals surface area contributed by atoms with E-state index in [-0.39, 0.29) is 11.5 Å². The van der Waals surface area contributed by atoms with Gasteiger partial charge >= 0.3 is 0 Å². The van der Waals surface area contributed by atoms with Crippen LogP contribution in [0.15, 0.2) is 53.1 Å². The van der Waals surface area contributed by atoms with E-state index in [2.05, 4.69) is 26.2 Å². The monoisotopic (exact) mass is 438 g/mol. The van der Waals surface area contributed by atoms with E-state index >= 15 is 0 Å². The molecule has 1 aromatic heterocycles. The Morgan fingerprint density at radius 2 is 1.74 bits per heavy atom. The maximum atomic E-state index is 13.4. The SMILES string of the molecule is CC.CC.CC(F)(F)c1cccc(NC(=O)c2c[nH]c3cc(Br)ccc23)c1. The van der Waals surface area contributed by atoms with Gasteiger partial charge in [0.2, 0.25) is 0 Å². The van der Waals surface area contributed by atoms with Gasteiger partial charge in [0.25, 0.3) is 11.8 Å². The number of alkyl halides is 2. The van der Waals surface area contributed by atoms with E-state index in [1.54, 1.807) is 12.3 Å². The molecule has 3 rings (SSSR count). The summed E-state index contributed by atoms with van der Waals surface area (Å²) in [6.07, 6.45) is 1.60. The molecule has 0 bridgehead atoms. The van der Waals surface area contributed by atoms with Gasteiger partial charge in [-0.15, -0.1) is 0 Å². The van der Waals surface area contributed by atoms with Crippen LogP contribution in [0.1, 0.15) is 50.5 Å². The van der Waals surface area contributed by atoms with E-state index in [9.17, 15) is 13.6 Å². The number of hydrogen-bond donors (Lipinski definition) is 2. The van der Waals surface area contributed by atoms with Gasteiger partial charge in [-0.2, -0.15) is 0 Å². The van der Waals surface area contributed by atoms with Crippen LogP contribution in [0.3, 0.4) is 0 Å². The molecule has 0 radical (unpaired) electrons. The molecule has 0 aliphatic carbocycles. The fraction of sp³-hybridized carbons (Fsp3) is 0.286. The van der Waals surface area contributed by atoms with Gasteiger partial charge in [0.05, 0.1) is 5.56 Å². The Morgan fingerprint density at radius 3 is 2.37 bits per heavy atom. The van der Waals surface area contributed by atoms with Gasteiger partial charge in [-0.25, -0.2) is 8.78 Å². The lowest BCUT2D eigenvalue weighted by atomic mass is 10.1. The van der Waals surface area contributed by atoms with Crippen molar-refractivity contribution in [1.82, 2.24) is 4.98 Å². The first-order valence-corrected chi connectivity index (χ1v) is 9.70. The molecule has 146 valence electrons. The third-order valence-corrected chi connectivity index (χ3v) is 4.01. The molecule has 0 atom stereocenters. The van der Waals surface area contributed by atoms with Crippen molar-refractivity contribution in [2.45, 2.75) is 40.5 Å². The number of nitrogens with one attached hydrogen (secondary N) is 2. The molecule has 2 N–H and O–H groups in total. The summed E-state index contributed by atoms with van der Waals surface area (Å²) in [6.45, 7) is 8.82. The molecule has 1 heterocycles. The lowest BCUT2D eigenvalue weighted by molar-refractivity contribution is 0.0175. The summed E-state index contributed by atoms with van der Waals surface area (Å²) < 4.78 is 27.6. The van der Waals surface area contributed by atoms with Crippen molar-refractivity contribution in [3.05, 3.63) is 64.3 Å². The smallest absolute Gasteiger partial charge is 0.270 e. The van der Waals surface area contributed by atoms with Crippen molar-refractivity contribution in [3.63, 3.8) is 0 Å². The van der Waals surface area contributed by atoms with Gasteiger partial charge in [0.1, 0.15) is 0 Å². The average molecular weight is 439 g/mol. The number of fused-ring (bicyclic) bond motifs is 1. The van der Waals surface area contributed by atoms with Gasteiger partial charge in [-0.05, 0) is 24.3 Å². The van der Waals surface area contributed by atoms with Crippen LogP contribution in [0.25, 0.3) is 10.9 Å². The zero-order valence-corrected chi connectivity index (χ0v) is 17.7. The van der Waals surface area contributed by atoms with Crippen LogP contribution < -0.4 is 5.32 Å². The summed E-state index contributed by atoms with van der Waals surface area (Å²) >= 11 is 3.37. The third-order valence-electron chi connectivity index (χ3n) is 3.52. The molecular formula is C21H25BrF2N2O. The number of anilines is 1. The highest BCUT2D eigenvalue weighted by molar-refractivity contribution is 9.10. The van der Waals surface area contributed by atoms with Crippen LogP contribution >= 0.6 is 15.9 Å². The predicted molar refractivity (Wildman–Crippen MR) is 113 cm³/mol. The van der Waals surface area contributed by atoms with Crippen LogP contribution in [0.5, 0.6) is 0 Å². The van der Waals surface area contributed by atoms with E-state index in [0.717, 1.165) is 22.3 Å². The molecule has 0 aliphatic rings. The maximum absolute atomic E-state index is 13.4. The molecule has 1 amide bonds. The summed E-state index contributed by atoms with van der Waals surface area (Å²) in [6, 6.07) is 11.2. The first kappa shape index (κ1) is 22.8. The topological polar surface area (TPSA) is 44.9 Å². The number of hydrogen-bond acceptors (Lipinski definition) is 1. The molecule has 0 spiro atoms. The summed E-state index contributed by atoms with van der Waals surface area (Å²) in [4.78, 5) is 15.4. The molecule has 3 aromatic rings. The van der Waals surface area contributed by atoms with Gasteiger partial charge in [0, 0.05) is 39.7 Å². The average Bonchev–Trinajstić information content (AvgIpc) is 3.07. The standard InChI is InChI=1S/C17H13BrF2N2O.2C2H6/c1-17(19,20)10-3-2-4-12(7-10)22-16(23)14-9-21-15-8-11(18)5-6-13(14)15;2*1-2/h2-9,21H,1H3,(H,22,23);2*1-2H3. The molecule has 2 aromatic carbocycles. The molecule has 27 heavy (non-hydrogen) atoms. The number of amides is 1. The van der Waals surface area contributed by atoms with Gasteiger partial charge < -0.3 is 10.3 Å². The van der Waals surface area contributed by atoms with Crippen molar-refractivity contribution >= 4 is 38.4 Å². The fourth-order valence-corrected chi connectivity index (χ4v) is 2.72. The Kier molecular flexibility index (Phi) is 8.63. The zero-order valence-electron chi connectivity index (χ0n) is 16.2. The van der Waals surface area contributed by atoms with Crippen molar-refractivity contribution in [2.24, 2.45) is 0 Å². The second kappa shape index (κ2) is 10.2. The molecule has 0 unspecified atom stereocenters. The van der Waals surface area contributed by atoms with E-state index in [1.807, 2.05) is 45.9 Å².